The Balaban J connectivity index is -0.0000000480. The Morgan fingerprint density at radius 1 is 1.57 bits per heavy atom. The van der Waals surface area contributed by atoms with E-state index in [0.29, 0.717) is 0 Å². The molecule has 3 nitrogen and oxygen atoms in total. The third kappa shape index (κ3) is 82.6. The first kappa shape index (κ1) is 15.9. The minimum absolute atomic E-state index is 0. The molecule has 7 heteroatoms. The molecule has 0 rings (SSSR count). The summed E-state index contributed by atoms with van der Waals surface area (Å²) in [5.74, 6) is 0. The second-order valence-corrected chi connectivity index (χ2v) is 0.651. The molecule has 1 unspecified atom stereocenters. The molecule has 0 aromatic carbocycles. The predicted molar refractivity (Wildman–Crippen MR) is 29.5 cm³/mol. The Kier molecular flexibility index (Phi) is 35.6. The summed E-state index contributed by atoms with van der Waals surface area (Å²) in [7, 11) is 0. The third-order valence-corrected chi connectivity index (χ3v) is 0. The molecule has 0 aromatic rings. The average molecular weight is 170 g/mol. The zero-order chi connectivity index (χ0) is 5.58. The van der Waals surface area contributed by atoms with Crippen molar-refractivity contribution >= 4 is 34.7 Å². The van der Waals surface area contributed by atoms with Gasteiger partial charge in [0.1, 0.15) is 0 Å². The van der Waals surface area contributed by atoms with E-state index in [0.717, 1.165) is 0 Å². The molecule has 40 valence electrons. The van der Waals surface area contributed by atoms with Crippen LogP contribution in [0.4, 0.5) is 0 Å². The van der Waals surface area contributed by atoms with Gasteiger partial charge < -0.3 is 9.11 Å². The quantitative estimate of drug-likeness (QED) is 0.158. The molecule has 0 aliphatic rings. The zero-order valence-corrected chi connectivity index (χ0v) is 8.17. The Morgan fingerprint density at radius 3 is 1.57 bits per heavy atom. The smallest absolute Gasteiger partial charge is 0.750 e. The first-order valence-corrected chi connectivity index (χ1v) is 3.35. The summed E-state index contributed by atoms with van der Waals surface area (Å²) in [5, 5.41) is 0. The molecule has 0 aliphatic heterocycles. The first-order valence-electron chi connectivity index (χ1n) is 0.716. The van der Waals surface area contributed by atoms with Crippen LogP contribution in [0.25, 0.3) is 0 Å². The van der Waals surface area contributed by atoms with Crippen molar-refractivity contribution in [3.63, 3.8) is 0 Å². The van der Waals surface area contributed by atoms with Gasteiger partial charge in [-0.3, -0.25) is 0 Å². The molecule has 0 radical (unpaired) electrons. The van der Waals surface area contributed by atoms with Crippen molar-refractivity contribution in [2.24, 2.45) is 0 Å². The maximum absolute atomic E-state index is 8.56. The summed E-state index contributed by atoms with van der Waals surface area (Å²) in [4.78, 5) is 0. The number of rotatable bonds is 0. The van der Waals surface area contributed by atoms with E-state index in [1.54, 1.807) is 0 Å². The van der Waals surface area contributed by atoms with Crippen LogP contribution in [0.15, 0.2) is 0 Å². The number of hydrogen-bond acceptors (Lipinski definition) is 4. The summed E-state index contributed by atoms with van der Waals surface area (Å²) in [5.41, 5.74) is 0. The van der Waals surface area contributed by atoms with Gasteiger partial charge in [-0.15, -0.1) is 23.3 Å². The van der Waals surface area contributed by atoms with Crippen LogP contribution in [0.1, 0.15) is 0 Å². The summed E-state index contributed by atoms with van der Waals surface area (Å²) in [6.45, 7) is 0. The number of hydrogen-bond donors (Lipinski definition) is 3. The monoisotopic (exact) mass is 170 g/mol. The summed E-state index contributed by atoms with van der Waals surface area (Å²) >= 11 is 3.58. The van der Waals surface area contributed by atoms with Crippen LogP contribution in [0.3, 0.4) is 0 Å². The Morgan fingerprint density at radius 2 is 1.57 bits per heavy atom. The normalized spacial score (nSPS) is 9.71. The minimum Gasteiger partial charge on any atom is -0.750 e. The van der Waals surface area contributed by atoms with E-state index < -0.39 is 11.4 Å². The molecule has 7 heavy (non-hydrogen) atoms. The van der Waals surface area contributed by atoms with E-state index in [1.165, 1.54) is 0 Å². The first-order chi connectivity index (χ1) is 2.73. The molecule has 0 aliphatic carbocycles. The molecule has 0 saturated carbocycles. The van der Waals surface area contributed by atoms with Crippen LogP contribution < -0.4 is 29.6 Å². The minimum atomic E-state index is -2.86. The molecule has 1 atom stereocenters. The Bertz CT molecular complexity index is 33.2. The predicted octanol–water partition coefficient (Wildman–Crippen LogP) is -2.90. The second-order valence-electron chi connectivity index (χ2n) is 0.217. The van der Waals surface area contributed by atoms with E-state index >= 15 is 0 Å². The van der Waals surface area contributed by atoms with Crippen LogP contribution in [0.5, 0.6) is 0 Å². The average Bonchev–Trinajstić information content (AvgIpc) is 1.41. The van der Waals surface area contributed by atoms with Crippen molar-refractivity contribution in [1.82, 2.24) is 0 Å². The van der Waals surface area contributed by atoms with Gasteiger partial charge in [-0.05, 0) is 0 Å². The van der Waals surface area contributed by atoms with Gasteiger partial charge in [0.15, 0.2) is 0 Å². The van der Waals surface area contributed by atoms with E-state index in [4.69, 9.17) is 13.3 Å². The van der Waals surface area contributed by atoms with E-state index in [9.17, 15) is 0 Å². The SMILES string of the molecule is O=S([O-])O.SS.[Na+]. The van der Waals surface area contributed by atoms with E-state index in [2.05, 4.69) is 23.3 Å². The van der Waals surface area contributed by atoms with Crippen LogP contribution in [0, 0.1) is 0 Å². The maximum atomic E-state index is 8.56. The molecule has 0 amide bonds. The summed E-state index contributed by atoms with van der Waals surface area (Å²) in [6, 6.07) is 0. The molecule has 0 heterocycles. The van der Waals surface area contributed by atoms with Crippen molar-refractivity contribution in [3.8, 4) is 0 Å². The molecule has 0 fully saturated rings. The van der Waals surface area contributed by atoms with Gasteiger partial charge in [0.2, 0.25) is 0 Å². The summed E-state index contributed by atoms with van der Waals surface area (Å²) in [6.07, 6.45) is 0. The Hall–Kier alpha value is 1.77. The van der Waals surface area contributed by atoms with Crippen molar-refractivity contribution in [3.05, 3.63) is 0 Å². The van der Waals surface area contributed by atoms with Gasteiger partial charge in [0.05, 0.1) is 11.4 Å². The van der Waals surface area contributed by atoms with Gasteiger partial charge in [-0.25, -0.2) is 4.21 Å². The summed E-state index contributed by atoms with van der Waals surface area (Å²) < 4.78 is 24.1. The van der Waals surface area contributed by atoms with Crippen LogP contribution in [-0.4, -0.2) is 13.3 Å². The van der Waals surface area contributed by atoms with E-state index in [1.807, 2.05) is 0 Å². The standard InChI is InChI=1S/Na.H2O3S.H2S2/c;1-4(2)3;1-2/h;(H2,1,2,3);1-2H/q+1;;/p-1. The van der Waals surface area contributed by atoms with Crippen LogP contribution in [0.2, 0.25) is 0 Å². The van der Waals surface area contributed by atoms with Gasteiger partial charge in [0, 0.05) is 0 Å². The molecule has 0 aromatic heterocycles. The molecule has 0 bridgehead atoms. The van der Waals surface area contributed by atoms with Crippen LogP contribution in [-0.2, 0) is 11.4 Å². The topological polar surface area (TPSA) is 60.4 Å². The van der Waals surface area contributed by atoms with Crippen LogP contribution >= 0.6 is 23.3 Å². The fourth-order valence-corrected chi connectivity index (χ4v) is 0. The van der Waals surface area contributed by atoms with Crippen molar-refractivity contribution < 1.29 is 42.9 Å². The third-order valence-electron chi connectivity index (χ3n) is 0. The molecule has 0 spiro atoms. The molecular formula is H3NaO3S3. The fraction of sp³-hybridized carbons (Fsp3) is 0. The fourth-order valence-electron chi connectivity index (χ4n) is 0. The van der Waals surface area contributed by atoms with Gasteiger partial charge >= 0.3 is 29.6 Å². The largest absolute Gasteiger partial charge is 1.00 e. The van der Waals surface area contributed by atoms with E-state index in [-0.39, 0.29) is 29.6 Å². The van der Waals surface area contributed by atoms with Gasteiger partial charge in [-0.2, -0.15) is 0 Å². The molecular weight excluding hydrogens is 167 g/mol. The van der Waals surface area contributed by atoms with Gasteiger partial charge in [0.25, 0.3) is 0 Å². The maximum Gasteiger partial charge on any atom is 1.00 e. The van der Waals surface area contributed by atoms with Crippen molar-refractivity contribution in [1.29, 1.82) is 0 Å². The Labute approximate surface area is 76.9 Å². The van der Waals surface area contributed by atoms with Crippen molar-refractivity contribution in [2.75, 3.05) is 0 Å². The number of thiol groups is 2. The molecule has 0 saturated heterocycles. The zero-order valence-electron chi connectivity index (χ0n) is 3.57. The second kappa shape index (κ2) is 15.7. The van der Waals surface area contributed by atoms with Crippen molar-refractivity contribution in [2.45, 2.75) is 0 Å². The van der Waals surface area contributed by atoms with Gasteiger partial charge in [-0.1, -0.05) is 0 Å². The molecule has 1 N–H and O–H groups in total.